The van der Waals surface area contributed by atoms with Crippen molar-refractivity contribution in [1.82, 2.24) is 29.3 Å². The van der Waals surface area contributed by atoms with E-state index in [0.29, 0.717) is 0 Å². The molecular weight excluding hydrogens is 290 g/mol. The molecule has 0 aliphatic heterocycles. The second-order valence-corrected chi connectivity index (χ2v) is 4.20. The summed E-state index contributed by atoms with van der Waals surface area (Å²) in [6, 6.07) is 0. The molecule has 0 spiro atoms. The molecule has 0 fully saturated rings. The molecule has 0 aliphatic carbocycles. The molecule has 4 N–H and O–H groups in total. The summed E-state index contributed by atoms with van der Waals surface area (Å²) in [5.41, 5.74) is 3.46. The Hall–Kier alpha value is -2.88. The van der Waals surface area contributed by atoms with Gasteiger partial charge in [-0.05, 0) is 0 Å². The molecule has 0 atom stereocenters. The minimum Gasteiger partial charge on any atom is -0.369 e. The van der Waals surface area contributed by atoms with E-state index in [9.17, 15) is 14.4 Å². The van der Waals surface area contributed by atoms with E-state index in [-0.39, 0.29) is 22.1 Å². The van der Waals surface area contributed by atoms with Crippen molar-refractivity contribution >= 4 is 28.7 Å². The second-order valence-electron chi connectivity index (χ2n) is 3.79. The number of nitrogens with two attached hydrogens (primary N) is 1. The number of imidazole rings is 1. The first kappa shape index (κ1) is 12.2. The van der Waals surface area contributed by atoms with Gasteiger partial charge in [-0.15, -0.1) is 0 Å². The van der Waals surface area contributed by atoms with Crippen LogP contribution in [-0.4, -0.2) is 29.3 Å². The molecule has 3 heterocycles. The molecular formula is C9H6ClN7O3. The minimum absolute atomic E-state index is 0.00609. The highest BCUT2D eigenvalue weighted by Crippen LogP contribution is 2.06. The van der Waals surface area contributed by atoms with Gasteiger partial charge < -0.3 is 5.73 Å². The number of halogens is 1. The molecule has 0 unspecified atom stereocenters. The van der Waals surface area contributed by atoms with Crippen LogP contribution >= 0.6 is 11.6 Å². The first-order valence-corrected chi connectivity index (χ1v) is 5.60. The zero-order valence-electron chi connectivity index (χ0n) is 9.62. The Kier molecular flexibility index (Phi) is 2.47. The predicted octanol–water partition coefficient (Wildman–Crippen LogP) is -1.48. The number of nitrogen functional groups attached to an aromatic ring is 1. The van der Waals surface area contributed by atoms with E-state index in [0.717, 1.165) is 15.5 Å². The fraction of sp³-hybridized carbons (Fsp3) is 0. The van der Waals surface area contributed by atoms with Crippen molar-refractivity contribution in [3.05, 3.63) is 48.7 Å². The van der Waals surface area contributed by atoms with Crippen LogP contribution in [0.5, 0.6) is 0 Å². The molecule has 10 nitrogen and oxygen atoms in total. The van der Waals surface area contributed by atoms with Crippen molar-refractivity contribution in [3.8, 4) is 0 Å². The molecule has 0 amide bonds. The van der Waals surface area contributed by atoms with Crippen molar-refractivity contribution in [2.75, 3.05) is 5.73 Å². The van der Waals surface area contributed by atoms with Crippen LogP contribution in [0.3, 0.4) is 0 Å². The lowest BCUT2D eigenvalue weighted by Gasteiger charge is -2.06. The number of aromatic amines is 2. The SMILES string of the molecule is Nc1nc2c(ncn2-n2cc(Cl)c(=O)[nH]c2=O)c(=O)[nH]1. The van der Waals surface area contributed by atoms with Crippen LogP contribution in [0.15, 0.2) is 26.9 Å². The molecule has 3 rings (SSSR count). The average molecular weight is 296 g/mol. The number of hydrogen-bond acceptors (Lipinski definition) is 6. The Morgan fingerprint density at radius 3 is 2.65 bits per heavy atom. The van der Waals surface area contributed by atoms with E-state index in [1.165, 1.54) is 6.33 Å². The third kappa shape index (κ3) is 1.70. The number of H-pyrrole nitrogens is 2. The Bertz CT molecular complexity index is 995. The standard InChI is InChI=1S/C9H6ClN7O3/c10-3-1-16(9(20)15-6(3)18)17-2-12-4-5(17)13-8(11)14-7(4)19/h1-2H,(H,15,18,20)(H3,11,13,14,19). The van der Waals surface area contributed by atoms with Gasteiger partial charge in [0.15, 0.2) is 11.2 Å². The first-order chi connectivity index (χ1) is 9.47. The van der Waals surface area contributed by atoms with Gasteiger partial charge in [-0.3, -0.25) is 19.6 Å². The number of anilines is 1. The summed E-state index contributed by atoms with van der Waals surface area (Å²) in [5.74, 6) is -0.132. The molecule has 0 aliphatic rings. The summed E-state index contributed by atoms with van der Waals surface area (Å²) in [7, 11) is 0. The molecule has 0 saturated heterocycles. The third-order valence-corrected chi connectivity index (χ3v) is 2.79. The van der Waals surface area contributed by atoms with E-state index >= 15 is 0 Å². The van der Waals surface area contributed by atoms with Crippen LogP contribution in [0.1, 0.15) is 0 Å². The van der Waals surface area contributed by atoms with Crippen molar-refractivity contribution in [2.24, 2.45) is 0 Å². The summed E-state index contributed by atoms with van der Waals surface area (Å²) in [6.07, 6.45) is 2.27. The maximum Gasteiger partial charge on any atom is 0.347 e. The zero-order valence-corrected chi connectivity index (χ0v) is 10.4. The summed E-state index contributed by atoms with van der Waals surface area (Å²) in [4.78, 5) is 46.6. The number of hydrogen-bond donors (Lipinski definition) is 3. The Balaban J connectivity index is 2.42. The Morgan fingerprint density at radius 2 is 1.90 bits per heavy atom. The van der Waals surface area contributed by atoms with Crippen molar-refractivity contribution in [1.29, 1.82) is 0 Å². The Morgan fingerprint density at radius 1 is 1.15 bits per heavy atom. The molecule has 0 radical (unpaired) electrons. The van der Waals surface area contributed by atoms with Crippen LogP contribution < -0.4 is 22.5 Å². The first-order valence-electron chi connectivity index (χ1n) is 5.22. The monoisotopic (exact) mass is 295 g/mol. The highest BCUT2D eigenvalue weighted by molar-refractivity contribution is 6.30. The van der Waals surface area contributed by atoms with E-state index in [2.05, 4.69) is 15.0 Å². The van der Waals surface area contributed by atoms with E-state index in [1.807, 2.05) is 4.98 Å². The highest BCUT2D eigenvalue weighted by Gasteiger charge is 2.12. The van der Waals surface area contributed by atoms with Crippen LogP contribution in [-0.2, 0) is 0 Å². The van der Waals surface area contributed by atoms with Crippen LogP contribution in [0.2, 0.25) is 5.02 Å². The normalized spacial score (nSPS) is 11.1. The minimum atomic E-state index is -0.764. The van der Waals surface area contributed by atoms with E-state index in [1.54, 1.807) is 0 Å². The lowest BCUT2D eigenvalue weighted by molar-refractivity contribution is 0.619. The number of fused-ring (bicyclic) bond motifs is 1. The van der Waals surface area contributed by atoms with Crippen molar-refractivity contribution < 1.29 is 0 Å². The molecule has 11 heteroatoms. The van der Waals surface area contributed by atoms with Gasteiger partial charge >= 0.3 is 5.69 Å². The predicted molar refractivity (Wildman–Crippen MR) is 69.7 cm³/mol. The summed E-state index contributed by atoms with van der Waals surface area (Å²) >= 11 is 5.67. The fourth-order valence-electron chi connectivity index (χ4n) is 1.67. The van der Waals surface area contributed by atoms with Crippen molar-refractivity contribution in [2.45, 2.75) is 0 Å². The molecule has 0 saturated carbocycles. The van der Waals surface area contributed by atoms with E-state index < -0.39 is 16.8 Å². The molecule has 0 aromatic carbocycles. The zero-order chi connectivity index (χ0) is 14.4. The maximum absolute atomic E-state index is 11.8. The quantitative estimate of drug-likeness (QED) is 0.499. The van der Waals surface area contributed by atoms with Crippen molar-refractivity contribution in [3.63, 3.8) is 0 Å². The van der Waals surface area contributed by atoms with Crippen LogP contribution in [0.25, 0.3) is 11.2 Å². The van der Waals surface area contributed by atoms with Crippen LogP contribution in [0, 0.1) is 0 Å². The summed E-state index contributed by atoms with van der Waals surface area (Å²) in [6.45, 7) is 0. The average Bonchev–Trinajstić information content (AvgIpc) is 2.77. The van der Waals surface area contributed by atoms with Gasteiger partial charge in [0.05, 0.1) is 6.20 Å². The van der Waals surface area contributed by atoms with Crippen LogP contribution in [0.4, 0.5) is 5.95 Å². The molecule has 0 bridgehead atoms. The van der Waals surface area contributed by atoms with Gasteiger partial charge in [0.2, 0.25) is 5.95 Å². The van der Waals surface area contributed by atoms with E-state index in [4.69, 9.17) is 17.3 Å². The highest BCUT2D eigenvalue weighted by atomic mass is 35.5. The number of nitrogens with one attached hydrogen (secondary N) is 2. The van der Waals surface area contributed by atoms with Gasteiger partial charge in [0.25, 0.3) is 11.1 Å². The molecule has 20 heavy (non-hydrogen) atoms. The third-order valence-electron chi connectivity index (χ3n) is 2.52. The van der Waals surface area contributed by atoms with Gasteiger partial charge in [0, 0.05) is 0 Å². The number of nitrogens with zero attached hydrogens (tertiary/aromatic N) is 4. The fourth-order valence-corrected chi connectivity index (χ4v) is 1.81. The lowest BCUT2D eigenvalue weighted by Crippen LogP contribution is -2.33. The van der Waals surface area contributed by atoms with Gasteiger partial charge in [-0.2, -0.15) is 4.98 Å². The smallest absolute Gasteiger partial charge is 0.347 e. The Labute approximate surface area is 113 Å². The maximum atomic E-state index is 11.8. The number of rotatable bonds is 1. The lowest BCUT2D eigenvalue weighted by atomic mass is 10.5. The summed E-state index contributed by atoms with van der Waals surface area (Å²) < 4.78 is 2.09. The largest absolute Gasteiger partial charge is 0.369 e. The topological polar surface area (TPSA) is 144 Å². The molecule has 102 valence electrons. The molecule has 3 aromatic heterocycles. The summed E-state index contributed by atoms with van der Waals surface area (Å²) in [5, 5.41) is -0.204. The molecule has 3 aromatic rings. The second kappa shape index (κ2) is 4.06. The van der Waals surface area contributed by atoms with Gasteiger partial charge in [-0.1, -0.05) is 11.6 Å². The van der Waals surface area contributed by atoms with Gasteiger partial charge in [0.1, 0.15) is 11.3 Å². The van der Waals surface area contributed by atoms with Gasteiger partial charge in [-0.25, -0.2) is 19.1 Å². The number of aromatic nitrogens is 6.